The lowest BCUT2D eigenvalue weighted by Crippen LogP contribution is -2.52. The third-order valence-electron chi connectivity index (χ3n) is 4.89. The van der Waals surface area contributed by atoms with Gasteiger partial charge in [0.25, 0.3) is 0 Å². The van der Waals surface area contributed by atoms with Crippen molar-refractivity contribution in [2.75, 3.05) is 13.1 Å². The number of benzene rings is 2. The van der Waals surface area contributed by atoms with E-state index in [-0.39, 0.29) is 17.9 Å². The second kappa shape index (κ2) is 9.47. The van der Waals surface area contributed by atoms with E-state index in [0.717, 1.165) is 24.6 Å². The second-order valence-corrected chi connectivity index (χ2v) is 7.27. The Hall–Kier alpha value is -3.29. The summed E-state index contributed by atoms with van der Waals surface area (Å²) >= 11 is 0. The summed E-state index contributed by atoms with van der Waals surface area (Å²) in [6.07, 6.45) is 0.648. The maximum atomic E-state index is 13.3. The van der Waals surface area contributed by atoms with Gasteiger partial charge in [-0.15, -0.1) is 0 Å². The number of likely N-dealkylation sites (tertiary alicyclic amines) is 1. The molecule has 2 N–H and O–H groups in total. The van der Waals surface area contributed by atoms with Crippen LogP contribution in [0.3, 0.4) is 0 Å². The maximum Gasteiger partial charge on any atom is 0.249 e. The zero-order valence-electron chi connectivity index (χ0n) is 16.5. The molecular formula is C22H23F2N3O3. The number of hydrogen-bond acceptors (Lipinski definition) is 3. The molecule has 0 spiro atoms. The van der Waals surface area contributed by atoms with Crippen molar-refractivity contribution in [2.45, 2.75) is 31.8 Å². The van der Waals surface area contributed by atoms with Gasteiger partial charge in [-0.05, 0) is 36.6 Å². The summed E-state index contributed by atoms with van der Waals surface area (Å²) in [7, 11) is 0. The molecule has 30 heavy (non-hydrogen) atoms. The molecule has 0 saturated carbocycles. The first kappa shape index (κ1) is 21.4. The molecule has 1 aliphatic rings. The molecule has 2 aromatic carbocycles. The summed E-state index contributed by atoms with van der Waals surface area (Å²) < 4.78 is 26.6. The summed E-state index contributed by atoms with van der Waals surface area (Å²) in [5.41, 5.74) is 0.809. The van der Waals surface area contributed by atoms with Crippen LogP contribution in [-0.4, -0.2) is 41.8 Å². The van der Waals surface area contributed by atoms with Crippen molar-refractivity contribution in [2.24, 2.45) is 0 Å². The van der Waals surface area contributed by atoms with Crippen molar-refractivity contribution >= 4 is 17.7 Å². The number of halogens is 2. The van der Waals surface area contributed by atoms with Gasteiger partial charge < -0.3 is 15.5 Å². The summed E-state index contributed by atoms with van der Waals surface area (Å²) in [4.78, 5) is 39.3. The summed E-state index contributed by atoms with van der Waals surface area (Å²) in [5, 5.41) is 5.20. The highest BCUT2D eigenvalue weighted by Crippen LogP contribution is 2.19. The minimum Gasteiger partial charge on any atom is -0.344 e. The van der Waals surface area contributed by atoms with Crippen molar-refractivity contribution < 1.29 is 23.2 Å². The van der Waals surface area contributed by atoms with Gasteiger partial charge in [-0.25, -0.2) is 8.78 Å². The predicted molar refractivity (Wildman–Crippen MR) is 106 cm³/mol. The molecule has 158 valence electrons. The number of amides is 3. The number of rotatable bonds is 7. The Morgan fingerprint density at radius 1 is 1.00 bits per heavy atom. The highest BCUT2D eigenvalue weighted by Gasteiger charge is 2.31. The largest absolute Gasteiger partial charge is 0.344 e. The predicted octanol–water partition coefficient (Wildman–Crippen LogP) is 2.10. The SMILES string of the molecule is C[C@H](NC(=O)Cc1cc(F)cc(F)c1)C(=O)NC(C(=O)N1CCC1)c1ccccc1. The van der Waals surface area contributed by atoms with E-state index in [9.17, 15) is 23.2 Å². The van der Waals surface area contributed by atoms with Gasteiger partial charge in [0.1, 0.15) is 23.7 Å². The quantitative estimate of drug-likeness (QED) is 0.727. The molecule has 3 rings (SSSR count). The third kappa shape index (κ3) is 5.40. The fourth-order valence-corrected chi connectivity index (χ4v) is 3.18. The molecule has 6 nitrogen and oxygen atoms in total. The second-order valence-electron chi connectivity index (χ2n) is 7.27. The molecular weight excluding hydrogens is 392 g/mol. The number of carbonyl (C=O) groups excluding carboxylic acids is 3. The molecule has 2 aromatic rings. The number of carbonyl (C=O) groups is 3. The molecule has 0 bridgehead atoms. The first-order valence-electron chi connectivity index (χ1n) is 9.72. The highest BCUT2D eigenvalue weighted by molar-refractivity contribution is 5.93. The van der Waals surface area contributed by atoms with E-state index in [1.165, 1.54) is 6.92 Å². The van der Waals surface area contributed by atoms with Crippen molar-refractivity contribution in [1.29, 1.82) is 0 Å². The Labute approximate surface area is 173 Å². The first-order valence-corrected chi connectivity index (χ1v) is 9.72. The van der Waals surface area contributed by atoms with Gasteiger partial charge in [0, 0.05) is 19.2 Å². The van der Waals surface area contributed by atoms with E-state index in [0.29, 0.717) is 18.7 Å². The van der Waals surface area contributed by atoms with Gasteiger partial charge in [0.2, 0.25) is 17.7 Å². The molecule has 1 aliphatic heterocycles. The fraction of sp³-hybridized carbons (Fsp3) is 0.318. The molecule has 1 heterocycles. The monoisotopic (exact) mass is 415 g/mol. The van der Waals surface area contributed by atoms with Gasteiger partial charge in [-0.2, -0.15) is 0 Å². The van der Waals surface area contributed by atoms with Crippen LogP contribution >= 0.6 is 0 Å². The molecule has 0 aromatic heterocycles. The van der Waals surface area contributed by atoms with E-state index in [2.05, 4.69) is 10.6 Å². The molecule has 3 amide bonds. The molecule has 1 unspecified atom stereocenters. The molecule has 1 saturated heterocycles. The minimum atomic E-state index is -0.939. The van der Waals surface area contributed by atoms with Crippen molar-refractivity contribution in [1.82, 2.24) is 15.5 Å². The van der Waals surface area contributed by atoms with Crippen LogP contribution in [0.5, 0.6) is 0 Å². The Morgan fingerprint density at radius 3 is 2.20 bits per heavy atom. The molecule has 0 aliphatic carbocycles. The standard InChI is InChI=1S/C22H23F2N3O3/c1-14(25-19(28)12-15-10-17(23)13-18(24)11-15)21(29)26-20(16-6-3-2-4-7-16)22(30)27-8-5-9-27/h2-4,6-7,10-11,13-14,20H,5,8-9,12H2,1H3,(H,25,28)(H,26,29)/t14-,20?/m0/s1. The van der Waals surface area contributed by atoms with Crippen LogP contribution in [-0.2, 0) is 20.8 Å². The maximum absolute atomic E-state index is 13.3. The zero-order chi connectivity index (χ0) is 21.7. The summed E-state index contributed by atoms with van der Waals surface area (Å²) in [5.74, 6) is -2.85. The van der Waals surface area contributed by atoms with Crippen molar-refractivity contribution in [3.05, 3.63) is 71.3 Å². The molecule has 8 heteroatoms. The third-order valence-corrected chi connectivity index (χ3v) is 4.89. The number of hydrogen-bond donors (Lipinski definition) is 2. The number of nitrogens with zero attached hydrogens (tertiary/aromatic N) is 1. The lowest BCUT2D eigenvalue weighted by atomic mass is 10.0. The summed E-state index contributed by atoms with van der Waals surface area (Å²) in [6.45, 7) is 2.78. The topological polar surface area (TPSA) is 78.5 Å². The molecule has 1 fully saturated rings. The average Bonchev–Trinajstić information content (AvgIpc) is 2.64. The van der Waals surface area contributed by atoms with Gasteiger partial charge in [-0.1, -0.05) is 30.3 Å². The smallest absolute Gasteiger partial charge is 0.249 e. The van der Waals surface area contributed by atoms with E-state index >= 15 is 0 Å². The first-order chi connectivity index (χ1) is 14.3. The van der Waals surface area contributed by atoms with Crippen LogP contribution in [0, 0.1) is 11.6 Å². The van der Waals surface area contributed by atoms with Gasteiger partial charge in [0.05, 0.1) is 6.42 Å². The van der Waals surface area contributed by atoms with E-state index in [4.69, 9.17) is 0 Å². The van der Waals surface area contributed by atoms with Crippen molar-refractivity contribution in [3.63, 3.8) is 0 Å². The Morgan fingerprint density at radius 2 is 1.63 bits per heavy atom. The van der Waals surface area contributed by atoms with Crippen molar-refractivity contribution in [3.8, 4) is 0 Å². The average molecular weight is 415 g/mol. The van der Waals surface area contributed by atoms with Crippen LogP contribution in [0.4, 0.5) is 8.78 Å². The summed E-state index contributed by atoms with van der Waals surface area (Å²) in [6, 6.07) is 9.93. The molecule has 2 atom stereocenters. The van der Waals surface area contributed by atoms with Gasteiger partial charge >= 0.3 is 0 Å². The lowest BCUT2D eigenvalue weighted by molar-refractivity contribution is -0.140. The normalized spacial score (nSPS) is 15.0. The van der Waals surface area contributed by atoms with Crippen LogP contribution in [0.1, 0.15) is 30.5 Å². The number of nitrogens with one attached hydrogen (secondary N) is 2. The van der Waals surface area contributed by atoms with E-state index in [1.54, 1.807) is 29.2 Å². The van der Waals surface area contributed by atoms with Crippen LogP contribution in [0.2, 0.25) is 0 Å². The van der Waals surface area contributed by atoms with Crippen LogP contribution < -0.4 is 10.6 Å². The minimum absolute atomic E-state index is 0.160. The highest BCUT2D eigenvalue weighted by atomic mass is 19.1. The Balaban J connectivity index is 1.63. The molecule has 0 radical (unpaired) electrons. The zero-order valence-corrected chi connectivity index (χ0v) is 16.5. The van der Waals surface area contributed by atoms with Crippen LogP contribution in [0.15, 0.2) is 48.5 Å². The van der Waals surface area contributed by atoms with Gasteiger partial charge in [-0.3, -0.25) is 14.4 Å². The van der Waals surface area contributed by atoms with Crippen LogP contribution in [0.25, 0.3) is 0 Å². The van der Waals surface area contributed by atoms with E-state index in [1.807, 2.05) is 6.07 Å². The van der Waals surface area contributed by atoms with E-state index < -0.39 is 35.5 Å². The lowest BCUT2D eigenvalue weighted by Gasteiger charge is -2.34. The fourth-order valence-electron chi connectivity index (χ4n) is 3.18. The Kier molecular flexibility index (Phi) is 6.76. The Bertz CT molecular complexity index is 912. The van der Waals surface area contributed by atoms with Gasteiger partial charge in [0.15, 0.2) is 0 Å².